The number of hydrogen-bond donors (Lipinski definition) is 2. The molecule has 0 saturated heterocycles. The summed E-state index contributed by atoms with van der Waals surface area (Å²) >= 11 is 0. The topological polar surface area (TPSA) is 92.7 Å². The number of nitrogens with one attached hydrogen (secondary N) is 1. The molecule has 0 fully saturated rings. The molecule has 6 nitrogen and oxygen atoms in total. The number of aliphatic carboxylic acids is 1. The number of carbonyl (C=O) groups is 3. The first kappa shape index (κ1) is 15.4. The van der Waals surface area contributed by atoms with E-state index in [-0.39, 0.29) is 31.7 Å². The smallest absolute Gasteiger partial charge is 0.306 e. The SMILES string of the molecule is CCCCOC(=O)CCC(=O)NCCC(=O)O. The maximum Gasteiger partial charge on any atom is 0.306 e. The Labute approximate surface area is 100 Å². The number of carboxylic acid groups (broad SMARTS) is 1. The fraction of sp³-hybridized carbons (Fsp3) is 0.727. The average molecular weight is 245 g/mol. The van der Waals surface area contributed by atoms with Crippen molar-refractivity contribution in [3.8, 4) is 0 Å². The predicted octanol–water partition coefficient (Wildman–Crippen LogP) is 0.701. The maximum absolute atomic E-state index is 11.1. The summed E-state index contributed by atoms with van der Waals surface area (Å²) in [5.74, 6) is -1.70. The van der Waals surface area contributed by atoms with Crippen molar-refractivity contribution in [3.05, 3.63) is 0 Å². The molecule has 0 aromatic carbocycles. The fourth-order valence-electron chi connectivity index (χ4n) is 1.02. The first-order valence-corrected chi connectivity index (χ1v) is 5.70. The van der Waals surface area contributed by atoms with E-state index in [1.54, 1.807) is 0 Å². The third-order valence-corrected chi connectivity index (χ3v) is 1.98. The second-order valence-corrected chi connectivity index (χ2v) is 3.57. The fourth-order valence-corrected chi connectivity index (χ4v) is 1.02. The normalized spacial score (nSPS) is 9.71. The molecule has 0 saturated carbocycles. The van der Waals surface area contributed by atoms with Gasteiger partial charge in [-0.3, -0.25) is 14.4 Å². The number of rotatable bonds is 9. The molecular weight excluding hydrogens is 226 g/mol. The molecule has 0 radical (unpaired) electrons. The van der Waals surface area contributed by atoms with Gasteiger partial charge in [-0.25, -0.2) is 0 Å². The molecule has 0 spiro atoms. The van der Waals surface area contributed by atoms with Crippen LogP contribution >= 0.6 is 0 Å². The summed E-state index contributed by atoms with van der Waals surface area (Å²) in [5, 5.41) is 10.7. The molecule has 2 N–H and O–H groups in total. The summed E-state index contributed by atoms with van der Waals surface area (Å²) in [7, 11) is 0. The van der Waals surface area contributed by atoms with Gasteiger partial charge >= 0.3 is 11.9 Å². The van der Waals surface area contributed by atoms with Crippen LogP contribution in [0.2, 0.25) is 0 Å². The van der Waals surface area contributed by atoms with Gasteiger partial charge in [-0.1, -0.05) is 13.3 Å². The summed E-state index contributed by atoms with van der Waals surface area (Å²) in [6.07, 6.45) is 1.71. The Morgan fingerprint density at radius 3 is 2.47 bits per heavy atom. The Kier molecular flexibility index (Phi) is 8.72. The van der Waals surface area contributed by atoms with Crippen LogP contribution in [-0.4, -0.2) is 36.1 Å². The van der Waals surface area contributed by atoms with E-state index < -0.39 is 11.9 Å². The number of ether oxygens (including phenoxy) is 1. The van der Waals surface area contributed by atoms with Gasteiger partial charge in [0.2, 0.25) is 5.91 Å². The zero-order valence-corrected chi connectivity index (χ0v) is 10.0. The lowest BCUT2D eigenvalue weighted by Gasteiger charge is -2.04. The maximum atomic E-state index is 11.1. The van der Waals surface area contributed by atoms with E-state index in [4.69, 9.17) is 9.84 Å². The van der Waals surface area contributed by atoms with Gasteiger partial charge in [0, 0.05) is 13.0 Å². The first-order valence-electron chi connectivity index (χ1n) is 5.70. The Morgan fingerprint density at radius 2 is 1.88 bits per heavy atom. The van der Waals surface area contributed by atoms with E-state index in [2.05, 4.69) is 5.32 Å². The first-order chi connectivity index (χ1) is 8.06. The third-order valence-electron chi connectivity index (χ3n) is 1.98. The molecule has 0 rings (SSSR count). The second kappa shape index (κ2) is 9.62. The van der Waals surface area contributed by atoms with E-state index in [9.17, 15) is 14.4 Å². The van der Waals surface area contributed by atoms with E-state index in [1.807, 2.05) is 6.92 Å². The number of carbonyl (C=O) groups excluding carboxylic acids is 2. The van der Waals surface area contributed by atoms with Crippen LogP contribution in [0.3, 0.4) is 0 Å². The molecule has 98 valence electrons. The van der Waals surface area contributed by atoms with Gasteiger partial charge in [-0.15, -0.1) is 0 Å². The lowest BCUT2D eigenvalue weighted by molar-refractivity contribution is -0.145. The minimum atomic E-state index is -0.968. The molecule has 0 atom stereocenters. The Hall–Kier alpha value is -1.59. The van der Waals surface area contributed by atoms with Gasteiger partial charge < -0.3 is 15.2 Å². The highest BCUT2D eigenvalue weighted by Crippen LogP contribution is 1.95. The lowest BCUT2D eigenvalue weighted by Crippen LogP contribution is -2.26. The number of carboxylic acids is 1. The van der Waals surface area contributed by atoms with Crippen LogP contribution < -0.4 is 5.32 Å². The summed E-state index contributed by atoms with van der Waals surface area (Å²) in [6, 6.07) is 0. The number of amides is 1. The standard InChI is InChI=1S/C11H19NO5/c1-2-3-8-17-11(16)5-4-9(13)12-7-6-10(14)15/h2-8H2,1H3,(H,12,13)(H,14,15). The van der Waals surface area contributed by atoms with Crippen LogP contribution in [-0.2, 0) is 19.1 Å². The molecule has 6 heteroatoms. The average Bonchev–Trinajstić information content (AvgIpc) is 2.26. The van der Waals surface area contributed by atoms with Gasteiger partial charge in [0.1, 0.15) is 0 Å². The van der Waals surface area contributed by atoms with Crippen molar-refractivity contribution in [2.75, 3.05) is 13.2 Å². The summed E-state index contributed by atoms with van der Waals surface area (Å²) in [5.41, 5.74) is 0. The second-order valence-electron chi connectivity index (χ2n) is 3.57. The minimum Gasteiger partial charge on any atom is -0.481 e. The molecule has 0 aliphatic heterocycles. The summed E-state index contributed by atoms with van der Waals surface area (Å²) < 4.78 is 4.86. The molecule has 0 heterocycles. The molecular formula is C11H19NO5. The molecule has 1 amide bonds. The van der Waals surface area contributed by atoms with Crippen LogP contribution in [0.25, 0.3) is 0 Å². The van der Waals surface area contributed by atoms with Crippen LogP contribution in [0.15, 0.2) is 0 Å². The van der Waals surface area contributed by atoms with E-state index in [0.717, 1.165) is 12.8 Å². The lowest BCUT2D eigenvalue weighted by atomic mass is 10.3. The zero-order chi connectivity index (χ0) is 13.1. The number of esters is 1. The van der Waals surface area contributed by atoms with Gasteiger partial charge in [0.15, 0.2) is 0 Å². The molecule has 0 bridgehead atoms. The Balaban J connectivity index is 3.48. The zero-order valence-electron chi connectivity index (χ0n) is 10.0. The summed E-state index contributed by atoms with van der Waals surface area (Å²) in [4.78, 5) is 32.4. The Bertz CT molecular complexity index is 265. The van der Waals surface area contributed by atoms with Crippen molar-refractivity contribution in [2.24, 2.45) is 0 Å². The van der Waals surface area contributed by atoms with Crippen LogP contribution in [0, 0.1) is 0 Å². The molecule has 0 aromatic rings. The highest BCUT2D eigenvalue weighted by Gasteiger charge is 2.07. The molecule has 17 heavy (non-hydrogen) atoms. The minimum absolute atomic E-state index is 0.0304. The highest BCUT2D eigenvalue weighted by molar-refractivity contribution is 5.81. The van der Waals surface area contributed by atoms with Crippen molar-refractivity contribution in [2.45, 2.75) is 39.0 Å². The number of hydrogen-bond acceptors (Lipinski definition) is 4. The van der Waals surface area contributed by atoms with Crippen molar-refractivity contribution in [1.82, 2.24) is 5.32 Å². The molecule has 0 aliphatic rings. The monoisotopic (exact) mass is 245 g/mol. The highest BCUT2D eigenvalue weighted by atomic mass is 16.5. The predicted molar refractivity (Wildman–Crippen MR) is 60.4 cm³/mol. The number of unbranched alkanes of at least 4 members (excludes halogenated alkanes) is 1. The van der Waals surface area contributed by atoms with Gasteiger partial charge in [-0.2, -0.15) is 0 Å². The van der Waals surface area contributed by atoms with Crippen molar-refractivity contribution in [1.29, 1.82) is 0 Å². The van der Waals surface area contributed by atoms with Crippen LogP contribution in [0.5, 0.6) is 0 Å². The third kappa shape index (κ3) is 10.7. The quantitative estimate of drug-likeness (QED) is 0.461. The van der Waals surface area contributed by atoms with Gasteiger partial charge in [0.05, 0.1) is 19.4 Å². The van der Waals surface area contributed by atoms with Crippen molar-refractivity contribution in [3.63, 3.8) is 0 Å². The van der Waals surface area contributed by atoms with E-state index in [0.29, 0.717) is 6.61 Å². The van der Waals surface area contributed by atoms with Crippen molar-refractivity contribution < 1.29 is 24.2 Å². The van der Waals surface area contributed by atoms with E-state index in [1.165, 1.54) is 0 Å². The molecule has 0 unspecified atom stereocenters. The largest absolute Gasteiger partial charge is 0.481 e. The molecule has 0 aliphatic carbocycles. The Morgan fingerprint density at radius 1 is 1.18 bits per heavy atom. The van der Waals surface area contributed by atoms with Crippen molar-refractivity contribution >= 4 is 17.8 Å². The van der Waals surface area contributed by atoms with Crippen LogP contribution in [0.1, 0.15) is 39.0 Å². The summed E-state index contributed by atoms with van der Waals surface area (Å²) in [6.45, 7) is 2.46. The van der Waals surface area contributed by atoms with Gasteiger partial charge in [-0.05, 0) is 6.42 Å². The van der Waals surface area contributed by atoms with Gasteiger partial charge in [0.25, 0.3) is 0 Å². The van der Waals surface area contributed by atoms with Crippen LogP contribution in [0.4, 0.5) is 0 Å². The van der Waals surface area contributed by atoms with E-state index >= 15 is 0 Å². The molecule has 0 aromatic heterocycles.